The molecule has 0 amide bonds. The van der Waals surface area contributed by atoms with Crippen LogP contribution in [0.4, 0.5) is 0 Å². The summed E-state index contributed by atoms with van der Waals surface area (Å²) in [7, 11) is 0. The Morgan fingerprint density at radius 2 is 1.92 bits per heavy atom. The molecule has 24 heavy (non-hydrogen) atoms. The molecule has 132 valence electrons. The molecule has 0 bridgehead atoms. The van der Waals surface area contributed by atoms with Crippen LogP contribution in [0.1, 0.15) is 25.3 Å². The summed E-state index contributed by atoms with van der Waals surface area (Å²) < 4.78 is 16.1. The zero-order valence-electron chi connectivity index (χ0n) is 13.5. The van der Waals surface area contributed by atoms with E-state index in [1.807, 2.05) is 30.3 Å². The second kappa shape index (κ2) is 8.89. The quantitative estimate of drug-likeness (QED) is 0.700. The maximum absolute atomic E-state index is 11.8. The number of hydrogen-bond donors (Lipinski definition) is 2. The number of Topliss-reactive ketones (excluding diaryl/α,β-unsaturated/α-hetero) is 1. The van der Waals surface area contributed by atoms with Gasteiger partial charge in [0.2, 0.25) is 0 Å². The Bertz CT molecular complexity index is 545. The fourth-order valence-electron chi connectivity index (χ4n) is 2.28. The second-order valence-electron chi connectivity index (χ2n) is 5.71. The van der Waals surface area contributed by atoms with E-state index in [-0.39, 0.29) is 31.8 Å². The van der Waals surface area contributed by atoms with Crippen LogP contribution in [0.2, 0.25) is 0 Å². The molecule has 1 heterocycles. The lowest BCUT2D eigenvalue weighted by atomic mass is 10.1. The highest BCUT2D eigenvalue weighted by molar-refractivity contribution is 5.81. The predicted octanol–water partition coefficient (Wildman–Crippen LogP) is 0.562. The number of esters is 1. The summed E-state index contributed by atoms with van der Waals surface area (Å²) in [6.07, 6.45) is -4.68. The number of hydrogen-bond acceptors (Lipinski definition) is 7. The fraction of sp³-hybridized carbons (Fsp3) is 0.529. The van der Waals surface area contributed by atoms with Crippen molar-refractivity contribution >= 4 is 11.8 Å². The molecule has 7 heteroatoms. The van der Waals surface area contributed by atoms with Crippen molar-refractivity contribution in [1.29, 1.82) is 0 Å². The minimum Gasteiger partial charge on any atom is -0.454 e. The van der Waals surface area contributed by atoms with Crippen LogP contribution in [0.25, 0.3) is 0 Å². The number of carbonyl (C=O) groups excluding carboxylic acids is 2. The number of aliphatic hydroxyl groups is 2. The Labute approximate surface area is 140 Å². The van der Waals surface area contributed by atoms with Gasteiger partial charge in [0, 0.05) is 6.42 Å². The Morgan fingerprint density at radius 1 is 1.21 bits per heavy atom. The van der Waals surface area contributed by atoms with Crippen molar-refractivity contribution < 1.29 is 34.0 Å². The van der Waals surface area contributed by atoms with Gasteiger partial charge in [-0.15, -0.1) is 0 Å². The van der Waals surface area contributed by atoms with E-state index < -0.39 is 30.6 Å². The highest BCUT2D eigenvalue weighted by Crippen LogP contribution is 2.21. The zero-order chi connectivity index (χ0) is 17.5. The molecular formula is C17H22O7. The van der Waals surface area contributed by atoms with Crippen molar-refractivity contribution in [1.82, 2.24) is 0 Å². The first kappa shape index (κ1) is 18.5. The van der Waals surface area contributed by atoms with Crippen molar-refractivity contribution in [2.24, 2.45) is 0 Å². The summed E-state index contributed by atoms with van der Waals surface area (Å²) in [6, 6.07) is 9.32. The van der Waals surface area contributed by atoms with E-state index in [0.717, 1.165) is 5.56 Å². The van der Waals surface area contributed by atoms with Gasteiger partial charge in [-0.25, -0.2) is 0 Å². The lowest BCUT2D eigenvalue weighted by Crippen LogP contribution is -2.55. The highest BCUT2D eigenvalue weighted by Gasteiger charge is 2.42. The number of ether oxygens (including phenoxy) is 3. The average molecular weight is 338 g/mol. The predicted molar refractivity (Wildman–Crippen MR) is 82.8 cm³/mol. The summed E-state index contributed by atoms with van der Waals surface area (Å²) in [5, 5.41) is 19.8. The Hall–Kier alpha value is -1.80. The normalized spacial score (nSPS) is 26.8. The summed E-state index contributed by atoms with van der Waals surface area (Å²) in [4.78, 5) is 22.7. The van der Waals surface area contributed by atoms with Gasteiger partial charge in [-0.05, 0) is 12.5 Å². The molecule has 1 aromatic carbocycles. The van der Waals surface area contributed by atoms with Crippen molar-refractivity contribution in [2.75, 3.05) is 6.61 Å². The molecule has 2 rings (SSSR count). The van der Waals surface area contributed by atoms with Gasteiger partial charge in [-0.3, -0.25) is 4.79 Å². The van der Waals surface area contributed by atoms with Crippen molar-refractivity contribution in [3.63, 3.8) is 0 Å². The average Bonchev–Trinajstić information content (AvgIpc) is 2.57. The van der Waals surface area contributed by atoms with Crippen LogP contribution in [-0.2, 0) is 30.4 Å². The van der Waals surface area contributed by atoms with Crippen LogP contribution < -0.4 is 0 Å². The smallest absolute Gasteiger partial charge is 0.306 e. The van der Waals surface area contributed by atoms with Gasteiger partial charge < -0.3 is 29.2 Å². The minimum atomic E-state index is -1.32. The topological polar surface area (TPSA) is 102 Å². The molecule has 4 atom stereocenters. The summed E-state index contributed by atoms with van der Waals surface area (Å²) >= 11 is 0. The lowest BCUT2D eigenvalue weighted by molar-refractivity contribution is -0.278. The molecule has 1 aliphatic heterocycles. The van der Waals surface area contributed by atoms with Crippen LogP contribution in [0.15, 0.2) is 30.3 Å². The molecule has 0 aliphatic carbocycles. The zero-order valence-corrected chi connectivity index (χ0v) is 13.5. The lowest BCUT2D eigenvalue weighted by Gasteiger charge is -2.37. The molecule has 0 radical (unpaired) electrons. The molecule has 2 N–H and O–H groups in total. The van der Waals surface area contributed by atoms with Gasteiger partial charge in [0.25, 0.3) is 0 Å². The minimum absolute atomic E-state index is 0.0561. The number of rotatable bonds is 7. The SMILES string of the molecule is CC(=O)CCC(=O)O[C@H]1[C@@H](OCc2ccccc2)OC[C@H](O)[C@@H]1O. The highest BCUT2D eigenvalue weighted by atomic mass is 16.7. The van der Waals surface area contributed by atoms with Crippen molar-refractivity contribution in [2.45, 2.75) is 51.0 Å². The van der Waals surface area contributed by atoms with Gasteiger partial charge in [-0.2, -0.15) is 0 Å². The molecular weight excluding hydrogens is 316 g/mol. The maximum Gasteiger partial charge on any atom is 0.306 e. The maximum atomic E-state index is 11.8. The van der Waals surface area contributed by atoms with E-state index in [1.165, 1.54) is 6.92 Å². The second-order valence-corrected chi connectivity index (χ2v) is 5.71. The third kappa shape index (κ3) is 5.38. The van der Waals surface area contributed by atoms with Gasteiger partial charge >= 0.3 is 5.97 Å². The third-order valence-corrected chi connectivity index (χ3v) is 3.64. The fourth-order valence-corrected chi connectivity index (χ4v) is 2.28. The van der Waals surface area contributed by atoms with E-state index in [0.29, 0.717) is 0 Å². The number of benzene rings is 1. The standard InChI is InChI=1S/C17H22O7/c1-11(18)7-8-14(20)24-16-15(21)13(19)10-23-17(16)22-9-12-5-3-2-4-6-12/h2-6,13,15-17,19,21H,7-10H2,1H3/t13-,15-,16+,17-/m0/s1. The van der Waals surface area contributed by atoms with E-state index >= 15 is 0 Å². The number of carbonyl (C=O) groups is 2. The van der Waals surface area contributed by atoms with Crippen LogP contribution in [-0.4, -0.2) is 53.2 Å². The Kier molecular flexibility index (Phi) is 6.86. The molecule has 0 saturated carbocycles. The molecule has 1 aliphatic rings. The summed E-state index contributed by atoms with van der Waals surface area (Å²) in [6.45, 7) is 1.46. The molecule has 1 aromatic rings. The van der Waals surface area contributed by atoms with Gasteiger partial charge in [0.05, 0.1) is 19.6 Å². The summed E-state index contributed by atoms with van der Waals surface area (Å²) in [5.41, 5.74) is 0.892. The Balaban J connectivity index is 1.95. The van der Waals surface area contributed by atoms with Crippen molar-refractivity contribution in [3.8, 4) is 0 Å². The largest absolute Gasteiger partial charge is 0.454 e. The number of ketones is 1. The third-order valence-electron chi connectivity index (χ3n) is 3.64. The van der Waals surface area contributed by atoms with E-state index in [1.54, 1.807) is 0 Å². The number of aliphatic hydroxyl groups excluding tert-OH is 2. The van der Waals surface area contributed by atoms with E-state index in [9.17, 15) is 19.8 Å². The van der Waals surface area contributed by atoms with Crippen LogP contribution in [0, 0.1) is 0 Å². The molecule has 1 saturated heterocycles. The van der Waals surface area contributed by atoms with E-state index in [4.69, 9.17) is 14.2 Å². The van der Waals surface area contributed by atoms with E-state index in [2.05, 4.69) is 0 Å². The van der Waals surface area contributed by atoms with Gasteiger partial charge in [0.15, 0.2) is 12.4 Å². The van der Waals surface area contributed by atoms with Gasteiger partial charge in [-0.1, -0.05) is 30.3 Å². The molecule has 1 fully saturated rings. The molecule has 0 unspecified atom stereocenters. The first-order valence-corrected chi connectivity index (χ1v) is 7.79. The molecule has 7 nitrogen and oxygen atoms in total. The van der Waals surface area contributed by atoms with Crippen molar-refractivity contribution in [3.05, 3.63) is 35.9 Å². The first-order chi connectivity index (χ1) is 11.5. The monoisotopic (exact) mass is 338 g/mol. The molecule has 0 spiro atoms. The van der Waals surface area contributed by atoms with Crippen LogP contribution in [0.3, 0.4) is 0 Å². The van der Waals surface area contributed by atoms with Crippen LogP contribution in [0.5, 0.6) is 0 Å². The summed E-state index contributed by atoms with van der Waals surface area (Å²) in [5.74, 6) is -0.787. The molecule has 0 aromatic heterocycles. The Morgan fingerprint density at radius 3 is 2.58 bits per heavy atom. The van der Waals surface area contributed by atoms with Gasteiger partial charge in [0.1, 0.15) is 18.0 Å². The first-order valence-electron chi connectivity index (χ1n) is 7.79. The van der Waals surface area contributed by atoms with Crippen LogP contribution >= 0.6 is 0 Å².